The average Bonchev–Trinajstić information content (AvgIpc) is 3.38. The number of imidazole rings is 1. The number of pyridine rings is 1. The molecule has 2 aromatic heterocycles. The predicted octanol–water partition coefficient (Wildman–Crippen LogP) is 2.36. The van der Waals surface area contributed by atoms with Crippen LogP contribution in [0.1, 0.15) is 12.2 Å². The summed E-state index contributed by atoms with van der Waals surface area (Å²) < 4.78 is 7.66. The smallest absolute Gasteiger partial charge is 0.239 e. The fraction of sp³-hybridized carbons (Fsp3) is 0.381. The standard InChI is InChI=1S/C21H23N5O2/c1-13-22-9-19(25(13)2)14-3-4-15-8-23-20(6-16(15)5-14)24-21(27)11-26-10-18-7-17(26)12-28-18/h3-6,8-9,17-18H,7,10-12H2,1-2H3,(H,23,24,27)/t17-,18-/m0/s1. The number of fused-ring (bicyclic) bond motifs is 3. The lowest BCUT2D eigenvalue weighted by atomic mass is 10.1. The fourth-order valence-corrected chi connectivity index (χ4v) is 4.18. The van der Waals surface area contributed by atoms with E-state index in [1.54, 1.807) is 6.20 Å². The van der Waals surface area contributed by atoms with Crippen LogP contribution in [0, 0.1) is 6.92 Å². The number of ether oxygens (including phenoxy) is 1. The van der Waals surface area contributed by atoms with E-state index in [1.165, 1.54) is 0 Å². The third kappa shape index (κ3) is 3.06. The Morgan fingerprint density at radius 1 is 1.25 bits per heavy atom. The molecule has 1 amide bonds. The topological polar surface area (TPSA) is 72.3 Å². The largest absolute Gasteiger partial charge is 0.375 e. The summed E-state index contributed by atoms with van der Waals surface area (Å²) in [6.45, 7) is 3.96. The van der Waals surface area contributed by atoms with Gasteiger partial charge < -0.3 is 14.6 Å². The van der Waals surface area contributed by atoms with Crippen molar-refractivity contribution in [3.8, 4) is 11.3 Å². The first-order valence-electron chi connectivity index (χ1n) is 9.61. The Labute approximate surface area is 163 Å². The number of nitrogens with one attached hydrogen (secondary N) is 1. The van der Waals surface area contributed by atoms with Gasteiger partial charge in [-0.1, -0.05) is 12.1 Å². The lowest BCUT2D eigenvalue weighted by Crippen LogP contribution is -2.41. The number of hydrogen-bond donors (Lipinski definition) is 1. The van der Waals surface area contributed by atoms with Crippen molar-refractivity contribution >= 4 is 22.5 Å². The van der Waals surface area contributed by atoms with Gasteiger partial charge in [-0.2, -0.15) is 0 Å². The van der Waals surface area contributed by atoms with E-state index in [4.69, 9.17) is 4.74 Å². The van der Waals surface area contributed by atoms with Gasteiger partial charge in [0.2, 0.25) is 5.91 Å². The van der Waals surface area contributed by atoms with Crippen LogP contribution in [0.3, 0.4) is 0 Å². The molecule has 2 fully saturated rings. The SMILES string of the molecule is Cc1ncc(-c2ccc3cnc(NC(=O)CN4C[C@@H]5C[C@H]4CO5)cc3c2)n1C. The van der Waals surface area contributed by atoms with Gasteiger partial charge in [-0.05, 0) is 30.9 Å². The first kappa shape index (κ1) is 17.3. The molecular weight excluding hydrogens is 354 g/mol. The van der Waals surface area contributed by atoms with Gasteiger partial charge in [0.1, 0.15) is 11.6 Å². The van der Waals surface area contributed by atoms with Crippen molar-refractivity contribution < 1.29 is 9.53 Å². The Balaban J connectivity index is 1.35. The zero-order valence-electron chi connectivity index (χ0n) is 16.1. The highest BCUT2D eigenvalue weighted by Crippen LogP contribution is 2.28. The van der Waals surface area contributed by atoms with Crippen molar-refractivity contribution in [3.63, 3.8) is 0 Å². The van der Waals surface area contributed by atoms with E-state index < -0.39 is 0 Å². The van der Waals surface area contributed by atoms with Crippen LogP contribution in [-0.2, 0) is 16.6 Å². The highest BCUT2D eigenvalue weighted by molar-refractivity contribution is 5.94. The number of carbonyl (C=O) groups is 1. The highest BCUT2D eigenvalue weighted by Gasteiger charge is 2.39. The first-order chi connectivity index (χ1) is 13.6. The van der Waals surface area contributed by atoms with Gasteiger partial charge in [0.05, 0.1) is 31.1 Å². The number of likely N-dealkylation sites (tertiary alicyclic amines) is 1. The quantitative estimate of drug-likeness (QED) is 0.756. The van der Waals surface area contributed by atoms with Crippen molar-refractivity contribution in [3.05, 3.63) is 42.5 Å². The van der Waals surface area contributed by atoms with Gasteiger partial charge in [0.25, 0.3) is 0 Å². The number of aromatic nitrogens is 3. The first-order valence-corrected chi connectivity index (χ1v) is 9.61. The summed E-state index contributed by atoms with van der Waals surface area (Å²) in [6, 6.07) is 8.54. The Morgan fingerprint density at radius 3 is 2.86 bits per heavy atom. The number of morpholine rings is 1. The van der Waals surface area contributed by atoms with E-state index in [0.29, 0.717) is 24.5 Å². The van der Waals surface area contributed by atoms with Crippen LogP contribution in [-0.4, -0.2) is 57.2 Å². The van der Waals surface area contributed by atoms with Gasteiger partial charge in [0.15, 0.2) is 0 Å². The summed E-state index contributed by atoms with van der Waals surface area (Å²) in [5, 5.41) is 5.02. The molecule has 7 heteroatoms. The van der Waals surface area contributed by atoms with Crippen LogP contribution >= 0.6 is 0 Å². The number of aryl methyl sites for hydroxylation is 1. The van der Waals surface area contributed by atoms with Crippen molar-refractivity contribution in [1.82, 2.24) is 19.4 Å². The van der Waals surface area contributed by atoms with Crippen LogP contribution in [0.2, 0.25) is 0 Å². The van der Waals surface area contributed by atoms with Gasteiger partial charge in [-0.25, -0.2) is 9.97 Å². The predicted molar refractivity (Wildman–Crippen MR) is 107 cm³/mol. The van der Waals surface area contributed by atoms with Crippen LogP contribution in [0.15, 0.2) is 36.7 Å². The van der Waals surface area contributed by atoms with E-state index in [9.17, 15) is 4.79 Å². The zero-order valence-corrected chi connectivity index (χ0v) is 16.1. The summed E-state index contributed by atoms with van der Waals surface area (Å²) >= 11 is 0. The molecular formula is C21H23N5O2. The van der Waals surface area contributed by atoms with Crippen LogP contribution in [0.25, 0.3) is 22.0 Å². The lowest BCUT2D eigenvalue weighted by Gasteiger charge is -2.25. The Hall–Kier alpha value is -2.77. The highest BCUT2D eigenvalue weighted by atomic mass is 16.5. The maximum absolute atomic E-state index is 12.5. The van der Waals surface area contributed by atoms with E-state index in [1.807, 2.05) is 32.3 Å². The summed E-state index contributed by atoms with van der Waals surface area (Å²) in [5.41, 5.74) is 2.15. The summed E-state index contributed by atoms with van der Waals surface area (Å²) in [7, 11) is 2.01. The second-order valence-corrected chi connectivity index (χ2v) is 7.70. The molecule has 2 bridgehead atoms. The van der Waals surface area contributed by atoms with Gasteiger partial charge in [0, 0.05) is 36.8 Å². The Morgan fingerprint density at radius 2 is 2.14 bits per heavy atom. The van der Waals surface area contributed by atoms with Crippen LogP contribution in [0.5, 0.6) is 0 Å². The average molecular weight is 377 g/mol. The summed E-state index contributed by atoms with van der Waals surface area (Å²) in [6.07, 6.45) is 5.02. The van der Waals surface area contributed by atoms with Crippen molar-refractivity contribution in [1.29, 1.82) is 0 Å². The summed E-state index contributed by atoms with van der Waals surface area (Å²) in [4.78, 5) is 23.4. The summed E-state index contributed by atoms with van der Waals surface area (Å²) in [5.74, 6) is 1.52. The number of rotatable bonds is 4. The Bertz CT molecular complexity index is 1060. The fourth-order valence-electron chi connectivity index (χ4n) is 4.18. The maximum Gasteiger partial charge on any atom is 0.239 e. The van der Waals surface area contributed by atoms with E-state index in [-0.39, 0.29) is 5.91 Å². The molecule has 3 aromatic rings. The molecule has 28 heavy (non-hydrogen) atoms. The molecule has 2 saturated heterocycles. The van der Waals surface area contributed by atoms with Crippen molar-refractivity contribution in [2.24, 2.45) is 7.05 Å². The van der Waals surface area contributed by atoms with Crippen molar-refractivity contribution in [2.45, 2.75) is 25.5 Å². The Kier molecular flexibility index (Phi) is 4.14. The van der Waals surface area contributed by atoms with E-state index in [2.05, 4.69) is 36.9 Å². The normalized spacial score (nSPS) is 21.5. The monoisotopic (exact) mass is 377 g/mol. The molecule has 2 aliphatic heterocycles. The molecule has 0 aliphatic carbocycles. The number of benzene rings is 1. The number of amides is 1. The zero-order chi connectivity index (χ0) is 19.3. The molecule has 1 N–H and O–H groups in total. The molecule has 1 aromatic carbocycles. The maximum atomic E-state index is 12.5. The number of anilines is 1. The molecule has 0 radical (unpaired) electrons. The lowest BCUT2D eigenvalue weighted by molar-refractivity contribution is -0.118. The van der Waals surface area contributed by atoms with Crippen molar-refractivity contribution in [2.75, 3.05) is 25.0 Å². The second-order valence-electron chi connectivity index (χ2n) is 7.70. The second kappa shape index (κ2) is 6.68. The van der Waals surface area contributed by atoms with Crippen LogP contribution in [0.4, 0.5) is 5.82 Å². The van der Waals surface area contributed by atoms with Gasteiger partial charge >= 0.3 is 0 Å². The number of hydrogen-bond acceptors (Lipinski definition) is 5. The minimum Gasteiger partial charge on any atom is -0.375 e. The molecule has 0 spiro atoms. The van der Waals surface area contributed by atoms with Gasteiger partial charge in [-0.3, -0.25) is 9.69 Å². The third-order valence-electron chi connectivity index (χ3n) is 5.87. The van der Waals surface area contributed by atoms with E-state index >= 15 is 0 Å². The molecule has 4 heterocycles. The minimum atomic E-state index is -0.0298. The van der Waals surface area contributed by atoms with E-state index in [0.717, 1.165) is 47.4 Å². The van der Waals surface area contributed by atoms with Crippen LogP contribution < -0.4 is 5.32 Å². The molecule has 2 aliphatic rings. The molecule has 144 valence electrons. The van der Waals surface area contributed by atoms with Gasteiger partial charge in [-0.15, -0.1) is 0 Å². The molecule has 0 unspecified atom stereocenters. The molecule has 7 nitrogen and oxygen atoms in total. The molecule has 2 atom stereocenters. The minimum absolute atomic E-state index is 0.0298. The number of nitrogens with zero attached hydrogens (tertiary/aromatic N) is 4. The molecule has 0 saturated carbocycles. The molecule has 5 rings (SSSR count). The number of carbonyl (C=O) groups excluding carboxylic acids is 1. The third-order valence-corrected chi connectivity index (χ3v) is 5.87.